The van der Waals surface area contributed by atoms with Crippen LogP contribution in [0.25, 0.3) is 0 Å². The molecule has 0 saturated carbocycles. The highest BCUT2D eigenvalue weighted by atomic mass is 19.1. The summed E-state index contributed by atoms with van der Waals surface area (Å²) >= 11 is 0. The molecule has 2 aromatic carbocycles. The molecule has 2 rings (SSSR count). The average Bonchev–Trinajstić information content (AvgIpc) is 2.55. The van der Waals surface area contributed by atoms with E-state index in [2.05, 4.69) is 12.2 Å². The van der Waals surface area contributed by atoms with Gasteiger partial charge >= 0.3 is 0 Å². The Morgan fingerprint density at radius 1 is 0.955 bits per heavy atom. The number of rotatable bonds is 9. The molecule has 118 valence electrons. The maximum Gasteiger partial charge on any atom is 0.127 e. The molecule has 22 heavy (non-hydrogen) atoms. The van der Waals surface area contributed by atoms with Crippen LogP contribution in [0.15, 0.2) is 48.5 Å². The zero-order valence-electron chi connectivity index (χ0n) is 13.1. The molecule has 0 unspecified atom stereocenters. The lowest BCUT2D eigenvalue weighted by Gasteiger charge is -2.08. The van der Waals surface area contributed by atoms with Crippen LogP contribution in [0, 0.1) is 5.82 Å². The van der Waals surface area contributed by atoms with Gasteiger partial charge in [0.05, 0.1) is 6.61 Å². The van der Waals surface area contributed by atoms with Gasteiger partial charge in [-0.25, -0.2) is 4.39 Å². The fraction of sp³-hybridized carbons (Fsp3) is 0.368. The number of hydrogen-bond acceptors (Lipinski definition) is 2. The van der Waals surface area contributed by atoms with Crippen LogP contribution < -0.4 is 10.1 Å². The molecule has 0 aliphatic rings. The molecule has 2 nitrogen and oxygen atoms in total. The molecule has 0 amide bonds. The molecule has 0 saturated heterocycles. The molecule has 0 aliphatic carbocycles. The van der Waals surface area contributed by atoms with E-state index in [1.165, 1.54) is 18.9 Å². The number of nitrogens with one attached hydrogen (secondary N) is 1. The molecule has 3 heteroatoms. The first-order chi connectivity index (χ1) is 10.8. The average molecular weight is 301 g/mol. The highest BCUT2D eigenvalue weighted by Crippen LogP contribution is 2.13. The lowest BCUT2D eigenvalue weighted by Crippen LogP contribution is -2.13. The minimum Gasteiger partial charge on any atom is -0.494 e. The Labute approximate surface area is 132 Å². The van der Waals surface area contributed by atoms with Gasteiger partial charge in [0.1, 0.15) is 11.6 Å². The van der Waals surface area contributed by atoms with E-state index in [0.717, 1.165) is 24.3 Å². The molecule has 0 radical (unpaired) electrons. The van der Waals surface area contributed by atoms with E-state index in [0.29, 0.717) is 18.7 Å². The molecule has 0 aliphatic heterocycles. The third-order valence-corrected chi connectivity index (χ3v) is 3.54. The van der Waals surface area contributed by atoms with Gasteiger partial charge < -0.3 is 10.1 Å². The molecular weight excluding hydrogens is 277 g/mol. The van der Waals surface area contributed by atoms with Gasteiger partial charge in [-0.15, -0.1) is 0 Å². The van der Waals surface area contributed by atoms with Gasteiger partial charge in [0.25, 0.3) is 0 Å². The van der Waals surface area contributed by atoms with E-state index in [1.54, 1.807) is 12.1 Å². The SMILES string of the molecule is CCCCCOc1ccc(CNCc2ccccc2F)cc1. The molecule has 0 heterocycles. The molecular formula is C19H24FNO. The normalized spacial score (nSPS) is 10.6. The third kappa shape index (κ3) is 5.49. The van der Waals surface area contributed by atoms with Crippen molar-refractivity contribution >= 4 is 0 Å². The third-order valence-electron chi connectivity index (χ3n) is 3.54. The Bertz CT molecular complexity index is 554. The summed E-state index contributed by atoms with van der Waals surface area (Å²) in [6, 6.07) is 14.9. The maximum absolute atomic E-state index is 13.5. The van der Waals surface area contributed by atoms with E-state index >= 15 is 0 Å². The fourth-order valence-corrected chi connectivity index (χ4v) is 2.23. The zero-order valence-corrected chi connectivity index (χ0v) is 13.1. The predicted molar refractivity (Wildman–Crippen MR) is 88.4 cm³/mol. The summed E-state index contributed by atoms with van der Waals surface area (Å²) in [4.78, 5) is 0. The minimum absolute atomic E-state index is 0.161. The fourth-order valence-electron chi connectivity index (χ4n) is 2.23. The minimum atomic E-state index is -0.161. The first-order valence-electron chi connectivity index (χ1n) is 7.95. The second kappa shape index (κ2) is 9.21. The molecule has 2 aromatic rings. The van der Waals surface area contributed by atoms with E-state index < -0.39 is 0 Å². The van der Waals surface area contributed by atoms with Crippen molar-refractivity contribution in [3.8, 4) is 5.75 Å². The van der Waals surface area contributed by atoms with E-state index in [-0.39, 0.29) is 5.82 Å². The van der Waals surface area contributed by atoms with Gasteiger partial charge in [-0.05, 0) is 30.2 Å². The molecule has 0 fully saturated rings. The molecule has 0 atom stereocenters. The van der Waals surface area contributed by atoms with Crippen molar-refractivity contribution in [1.82, 2.24) is 5.32 Å². The Hall–Kier alpha value is -1.87. The van der Waals surface area contributed by atoms with Crippen LogP contribution in [-0.2, 0) is 13.1 Å². The van der Waals surface area contributed by atoms with Gasteiger partial charge in [0.15, 0.2) is 0 Å². The van der Waals surface area contributed by atoms with Crippen molar-refractivity contribution in [1.29, 1.82) is 0 Å². The smallest absolute Gasteiger partial charge is 0.127 e. The van der Waals surface area contributed by atoms with E-state index in [1.807, 2.05) is 30.3 Å². The summed E-state index contributed by atoms with van der Waals surface area (Å²) in [6.07, 6.45) is 3.51. The zero-order chi connectivity index (χ0) is 15.6. The van der Waals surface area contributed by atoms with Gasteiger partial charge in [0, 0.05) is 18.7 Å². The summed E-state index contributed by atoms with van der Waals surface area (Å²) in [7, 11) is 0. The predicted octanol–water partition coefficient (Wildman–Crippen LogP) is 4.68. The Kier molecular flexibility index (Phi) is 6.91. The highest BCUT2D eigenvalue weighted by molar-refractivity contribution is 5.27. The van der Waals surface area contributed by atoms with Crippen LogP contribution in [0.4, 0.5) is 4.39 Å². The lowest BCUT2D eigenvalue weighted by molar-refractivity contribution is 0.306. The summed E-state index contributed by atoms with van der Waals surface area (Å²) in [5.74, 6) is 0.750. The molecule has 0 aromatic heterocycles. The van der Waals surface area contributed by atoms with Crippen molar-refractivity contribution in [3.63, 3.8) is 0 Å². The highest BCUT2D eigenvalue weighted by Gasteiger charge is 2.00. The van der Waals surface area contributed by atoms with Crippen molar-refractivity contribution in [2.45, 2.75) is 39.3 Å². The van der Waals surface area contributed by atoms with Crippen molar-refractivity contribution in [2.75, 3.05) is 6.61 Å². The van der Waals surface area contributed by atoms with Gasteiger partial charge in [-0.1, -0.05) is 50.1 Å². The monoisotopic (exact) mass is 301 g/mol. The van der Waals surface area contributed by atoms with Crippen molar-refractivity contribution in [3.05, 3.63) is 65.5 Å². The number of ether oxygens (including phenoxy) is 1. The van der Waals surface area contributed by atoms with Crippen LogP contribution in [0.3, 0.4) is 0 Å². The Morgan fingerprint density at radius 2 is 1.73 bits per heavy atom. The van der Waals surface area contributed by atoms with E-state index in [9.17, 15) is 4.39 Å². The van der Waals surface area contributed by atoms with Crippen LogP contribution in [0.1, 0.15) is 37.3 Å². The first-order valence-corrected chi connectivity index (χ1v) is 7.95. The molecule has 0 spiro atoms. The van der Waals surface area contributed by atoms with Crippen LogP contribution in [0.5, 0.6) is 5.75 Å². The number of unbranched alkanes of at least 4 members (excludes halogenated alkanes) is 2. The Balaban J connectivity index is 1.73. The van der Waals surface area contributed by atoms with Crippen molar-refractivity contribution in [2.24, 2.45) is 0 Å². The second-order valence-corrected chi connectivity index (χ2v) is 5.39. The van der Waals surface area contributed by atoms with Gasteiger partial charge in [0.2, 0.25) is 0 Å². The summed E-state index contributed by atoms with van der Waals surface area (Å²) < 4.78 is 19.2. The maximum atomic E-state index is 13.5. The van der Waals surface area contributed by atoms with Gasteiger partial charge in [-0.3, -0.25) is 0 Å². The summed E-state index contributed by atoms with van der Waals surface area (Å²) in [5, 5.41) is 3.26. The van der Waals surface area contributed by atoms with Gasteiger partial charge in [-0.2, -0.15) is 0 Å². The van der Waals surface area contributed by atoms with Crippen LogP contribution in [0.2, 0.25) is 0 Å². The quantitative estimate of drug-likeness (QED) is 0.679. The second-order valence-electron chi connectivity index (χ2n) is 5.39. The van der Waals surface area contributed by atoms with Crippen LogP contribution in [-0.4, -0.2) is 6.61 Å². The van der Waals surface area contributed by atoms with E-state index in [4.69, 9.17) is 4.74 Å². The number of hydrogen-bond donors (Lipinski definition) is 1. The first kappa shape index (κ1) is 16.5. The summed E-state index contributed by atoms with van der Waals surface area (Å²) in [6.45, 7) is 4.20. The summed E-state index contributed by atoms with van der Waals surface area (Å²) in [5.41, 5.74) is 1.86. The largest absolute Gasteiger partial charge is 0.494 e. The number of halogens is 1. The standard InChI is InChI=1S/C19H24FNO/c1-2-3-6-13-22-18-11-9-16(10-12-18)14-21-15-17-7-4-5-8-19(17)20/h4-5,7-12,21H,2-3,6,13-15H2,1H3. The van der Waals surface area contributed by atoms with Crippen LogP contribution >= 0.6 is 0 Å². The van der Waals surface area contributed by atoms with Crippen molar-refractivity contribution < 1.29 is 9.13 Å². The molecule has 0 bridgehead atoms. The topological polar surface area (TPSA) is 21.3 Å². The lowest BCUT2D eigenvalue weighted by atomic mass is 10.2. The Morgan fingerprint density at radius 3 is 2.45 bits per heavy atom. The molecule has 1 N–H and O–H groups in total. The number of benzene rings is 2.